The molecular formula is C16H28N4O. The second-order valence-corrected chi connectivity index (χ2v) is 6.38. The van der Waals surface area contributed by atoms with E-state index in [1.165, 1.54) is 0 Å². The van der Waals surface area contributed by atoms with Crippen LogP contribution in [0.3, 0.4) is 0 Å². The van der Waals surface area contributed by atoms with Gasteiger partial charge >= 0.3 is 0 Å². The van der Waals surface area contributed by atoms with Crippen LogP contribution in [0.2, 0.25) is 0 Å². The first-order valence-electron chi connectivity index (χ1n) is 8.06. The summed E-state index contributed by atoms with van der Waals surface area (Å²) < 4.78 is 0. The zero-order valence-corrected chi connectivity index (χ0v) is 13.4. The molecule has 118 valence electrons. The molecule has 5 nitrogen and oxygen atoms in total. The summed E-state index contributed by atoms with van der Waals surface area (Å²) in [5.41, 5.74) is 0.416. The Morgan fingerprint density at radius 2 is 1.86 bits per heavy atom. The summed E-state index contributed by atoms with van der Waals surface area (Å²) in [6, 6.07) is 0. The SMILES string of the molecule is CCCNc1ncnc(NCC2(O)CCC(C)CC2)c1C. The predicted molar refractivity (Wildman–Crippen MR) is 86.6 cm³/mol. The Morgan fingerprint density at radius 3 is 2.48 bits per heavy atom. The fourth-order valence-electron chi connectivity index (χ4n) is 2.77. The minimum absolute atomic E-state index is 0.560. The van der Waals surface area contributed by atoms with Gasteiger partial charge in [0.05, 0.1) is 5.60 Å². The van der Waals surface area contributed by atoms with Crippen molar-refractivity contribution in [2.75, 3.05) is 23.7 Å². The third-order valence-electron chi connectivity index (χ3n) is 4.42. The smallest absolute Gasteiger partial charge is 0.134 e. The van der Waals surface area contributed by atoms with Crippen molar-refractivity contribution in [3.63, 3.8) is 0 Å². The molecule has 1 aromatic rings. The van der Waals surface area contributed by atoms with Crippen LogP contribution in [0.25, 0.3) is 0 Å². The minimum atomic E-state index is -0.596. The molecule has 1 heterocycles. The van der Waals surface area contributed by atoms with Crippen LogP contribution >= 0.6 is 0 Å². The molecule has 0 spiro atoms. The lowest BCUT2D eigenvalue weighted by Crippen LogP contribution is -2.40. The number of aromatic nitrogens is 2. The van der Waals surface area contributed by atoms with Crippen molar-refractivity contribution in [2.24, 2.45) is 5.92 Å². The lowest BCUT2D eigenvalue weighted by atomic mass is 9.79. The third-order valence-corrected chi connectivity index (χ3v) is 4.42. The van der Waals surface area contributed by atoms with Gasteiger partial charge in [0, 0.05) is 18.7 Å². The molecule has 1 saturated carbocycles. The molecule has 1 aliphatic rings. The van der Waals surface area contributed by atoms with Gasteiger partial charge in [-0.05, 0) is 44.9 Å². The zero-order chi connectivity index (χ0) is 15.3. The second kappa shape index (κ2) is 7.07. The van der Waals surface area contributed by atoms with E-state index in [0.717, 1.165) is 61.8 Å². The Hall–Kier alpha value is -1.36. The van der Waals surface area contributed by atoms with Crippen molar-refractivity contribution in [1.29, 1.82) is 0 Å². The zero-order valence-electron chi connectivity index (χ0n) is 13.4. The number of aliphatic hydroxyl groups is 1. The molecule has 0 bridgehead atoms. The van der Waals surface area contributed by atoms with Gasteiger partial charge in [-0.1, -0.05) is 13.8 Å². The van der Waals surface area contributed by atoms with Crippen LogP contribution in [-0.2, 0) is 0 Å². The van der Waals surface area contributed by atoms with Crippen LogP contribution in [0.5, 0.6) is 0 Å². The molecule has 3 N–H and O–H groups in total. The Balaban J connectivity index is 1.96. The van der Waals surface area contributed by atoms with Crippen LogP contribution in [0.1, 0.15) is 51.5 Å². The van der Waals surface area contributed by atoms with Crippen LogP contribution in [0.15, 0.2) is 6.33 Å². The van der Waals surface area contributed by atoms with Crippen LogP contribution in [0.4, 0.5) is 11.6 Å². The van der Waals surface area contributed by atoms with Crippen molar-refractivity contribution in [2.45, 2.75) is 58.5 Å². The van der Waals surface area contributed by atoms with Gasteiger partial charge in [-0.15, -0.1) is 0 Å². The Labute approximate surface area is 127 Å². The molecule has 1 aliphatic carbocycles. The number of anilines is 2. The Kier molecular flexibility index (Phi) is 5.39. The van der Waals surface area contributed by atoms with E-state index < -0.39 is 5.60 Å². The quantitative estimate of drug-likeness (QED) is 0.752. The normalized spacial score (nSPS) is 25.6. The van der Waals surface area contributed by atoms with E-state index in [2.05, 4.69) is 34.4 Å². The Morgan fingerprint density at radius 1 is 1.24 bits per heavy atom. The van der Waals surface area contributed by atoms with Crippen molar-refractivity contribution >= 4 is 11.6 Å². The molecule has 0 atom stereocenters. The van der Waals surface area contributed by atoms with Gasteiger partial charge in [-0.2, -0.15) is 0 Å². The number of hydrogen-bond acceptors (Lipinski definition) is 5. The van der Waals surface area contributed by atoms with E-state index in [4.69, 9.17) is 0 Å². The molecule has 0 amide bonds. The van der Waals surface area contributed by atoms with Crippen LogP contribution < -0.4 is 10.6 Å². The van der Waals surface area contributed by atoms with Crippen LogP contribution in [0, 0.1) is 12.8 Å². The van der Waals surface area contributed by atoms with E-state index in [-0.39, 0.29) is 0 Å². The van der Waals surface area contributed by atoms with Gasteiger partial charge in [0.15, 0.2) is 0 Å². The lowest BCUT2D eigenvalue weighted by Gasteiger charge is -2.35. The van der Waals surface area contributed by atoms with Gasteiger partial charge in [-0.3, -0.25) is 0 Å². The minimum Gasteiger partial charge on any atom is -0.388 e. The maximum atomic E-state index is 10.6. The summed E-state index contributed by atoms with van der Waals surface area (Å²) in [4.78, 5) is 8.58. The van der Waals surface area contributed by atoms with E-state index >= 15 is 0 Å². The molecule has 2 rings (SSSR count). The maximum absolute atomic E-state index is 10.6. The van der Waals surface area contributed by atoms with Gasteiger partial charge in [0.25, 0.3) is 0 Å². The fourth-order valence-corrected chi connectivity index (χ4v) is 2.77. The molecule has 1 fully saturated rings. The molecular weight excluding hydrogens is 264 g/mol. The highest BCUT2D eigenvalue weighted by Crippen LogP contribution is 2.32. The number of rotatable bonds is 6. The topological polar surface area (TPSA) is 70.1 Å². The van der Waals surface area contributed by atoms with E-state index in [9.17, 15) is 5.11 Å². The van der Waals surface area contributed by atoms with E-state index in [1.807, 2.05) is 6.92 Å². The van der Waals surface area contributed by atoms with Crippen molar-refractivity contribution in [3.8, 4) is 0 Å². The van der Waals surface area contributed by atoms with Crippen molar-refractivity contribution < 1.29 is 5.11 Å². The monoisotopic (exact) mass is 292 g/mol. The molecule has 0 aromatic carbocycles. The summed E-state index contributed by atoms with van der Waals surface area (Å²) in [5, 5.41) is 17.2. The van der Waals surface area contributed by atoms with Crippen molar-refractivity contribution in [1.82, 2.24) is 9.97 Å². The fraction of sp³-hybridized carbons (Fsp3) is 0.750. The summed E-state index contributed by atoms with van der Waals surface area (Å²) in [5.74, 6) is 2.42. The molecule has 1 aromatic heterocycles. The molecule has 0 radical (unpaired) electrons. The second-order valence-electron chi connectivity index (χ2n) is 6.38. The summed E-state index contributed by atoms with van der Waals surface area (Å²) in [6.45, 7) is 7.85. The van der Waals surface area contributed by atoms with Gasteiger partial charge in [-0.25, -0.2) is 9.97 Å². The maximum Gasteiger partial charge on any atom is 0.134 e. The third kappa shape index (κ3) is 4.30. The lowest BCUT2D eigenvalue weighted by molar-refractivity contribution is 0.00494. The van der Waals surface area contributed by atoms with Gasteiger partial charge in [0.1, 0.15) is 18.0 Å². The standard InChI is InChI=1S/C16H28N4O/c1-4-9-17-14-13(3)15(20-11-19-14)18-10-16(21)7-5-12(2)6-8-16/h11-12,21H,4-10H2,1-3H3,(H2,17,18,19,20). The number of nitrogens with one attached hydrogen (secondary N) is 2. The molecule has 0 unspecified atom stereocenters. The Bertz CT molecular complexity index is 456. The average molecular weight is 292 g/mol. The van der Waals surface area contributed by atoms with Crippen LogP contribution in [-0.4, -0.2) is 33.8 Å². The van der Waals surface area contributed by atoms with Crippen molar-refractivity contribution in [3.05, 3.63) is 11.9 Å². The first kappa shape index (κ1) is 16.0. The summed E-state index contributed by atoms with van der Waals surface area (Å²) >= 11 is 0. The highest BCUT2D eigenvalue weighted by atomic mass is 16.3. The average Bonchev–Trinajstić information content (AvgIpc) is 2.48. The highest BCUT2D eigenvalue weighted by Gasteiger charge is 2.31. The number of hydrogen-bond donors (Lipinski definition) is 3. The molecule has 5 heteroatoms. The molecule has 21 heavy (non-hydrogen) atoms. The van der Waals surface area contributed by atoms with E-state index in [0.29, 0.717) is 6.54 Å². The molecule has 0 aliphatic heterocycles. The summed E-state index contributed by atoms with van der Waals surface area (Å²) in [7, 11) is 0. The largest absolute Gasteiger partial charge is 0.388 e. The van der Waals surface area contributed by atoms with Gasteiger partial charge in [0.2, 0.25) is 0 Å². The first-order chi connectivity index (χ1) is 10.0. The highest BCUT2D eigenvalue weighted by molar-refractivity contribution is 5.56. The first-order valence-corrected chi connectivity index (χ1v) is 8.06. The summed E-state index contributed by atoms with van der Waals surface area (Å²) in [6.07, 6.45) is 6.57. The van der Waals surface area contributed by atoms with E-state index in [1.54, 1.807) is 6.33 Å². The predicted octanol–water partition coefficient (Wildman–Crippen LogP) is 2.96. The van der Waals surface area contributed by atoms with Gasteiger partial charge < -0.3 is 15.7 Å². The molecule has 0 saturated heterocycles. The number of nitrogens with zero attached hydrogens (tertiary/aromatic N) is 2.